The van der Waals surface area contributed by atoms with Gasteiger partial charge >= 0.3 is 0 Å². The van der Waals surface area contributed by atoms with Crippen LogP contribution in [0.1, 0.15) is 27.6 Å². The van der Waals surface area contributed by atoms with E-state index in [9.17, 15) is 4.79 Å². The van der Waals surface area contributed by atoms with Gasteiger partial charge in [-0.15, -0.1) is 0 Å². The van der Waals surface area contributed by atoms with Crippen LogP contribution in [0.3, 0.4) is 0 Å². The van der Waals surface area contributed by atoms with Crippen LogP contribution >= 0.6 is 11.6 Å². The number of carbonyl (C=O) groups is 1. The number of hydroxylamine groups is 1. The minimum Gasteiger partial charge on any atom is -0.267 e. The van der Waals surface area contributed by atoms with Crippen molar-refractivity contribution in [1.29, 1.82) is 0 Å². The summed E-state index contributed by atoms with van der Waals surface area (Å²) in [4.78, 5) is 18.0. The Morgan fingerprint density at radius 2 is 1.29 bits per heavy atom. The highest BCUT2D eigenvalue weighted by Gasteiger charge is 2.16. The molecule has 0 saturated heterocycles. The van der Waals surface area contributed by atoms with Crippen LogP contribution in [0.15, 0.2) is 84.9 Å². The van der Waals surface area contributed by atoms with E-state index in [1.54, 1.807) is 24.3 Å². The summed E-state index contributed by atoms with van der Waals surface area (Å²) < 4.78 is 0. The fraction of sp³-hybridized carbons (Fsp3) is 0.0500. The van der Waals surface area contributed by atoms with Gasteiger partial charge in [0.05, 0.1) is 0 Å². The van der Waals surface area contributed by atoms with Gasteiger partial charge in [-0.25, -0.2) is 5.48 Å². The van der Waals surface area contributed by atoms with Crippen molar-refractivity contribution < 1.29 is 9.63 Å². The number of rotatable bonds is 5. The molecule has 0 aliphatic heterocycles. The number of hydrogen-bond acceptors (Lipinski definition) is 2. The zero-order chi connectivity index (χ0) is 16.8. The van der Waals surface area contributed by atoms with Gasteiger partial charge in [0.15, 0.2) is 0 Å². The van der Waals surface area contributed by atoms with Gasteiger partial charge < -0.3 is 0 Å². The van der Waals surface area contributed by atoms with Gasteiger partial charge in [-0.3, -0.25) is 9.63 Å². The van der Waals surface area contributed by atoms with Gasteiger partial charge in [0.25, 0.3) is 5.91 Å². The van der Waals surface area contributed by atoms with Gasteiger partial charge in [-0.1, -0.05) is 72.3 Å². The molecule has 4 heteroatoms. The molecule has 0 atom stereocenters. The van der Waals surface area contributed by atoms with Crippen LogP contribution in [-0.4, -0.2) is 5.91 Å². The molecule has 3 nitrogen and oxygen atoms in total. The van der Waals surface area contributed by atoms with Gasteiger partial charge in [0.1, 0.15) is 6.10 Å². The average Bonchev–Trinajstić information content (AvgIpc) is 2.64. The number of amides is 1. The predicted molar refractivity (Wildman–Crippen MR) is 94.7 cm³/mol. The van der Waals surface area contributed by atoms with Crippen molar-refractivity contribution in [3.05, 3.63) is 107 Å². The minimum absolute atomic E-state index is 0.316. The number of carbonyl (C=O) groups excluding carboxylic acids is 1. The van der Waals surface area contributed by atoms with Crippen LogP contribution in [0.25, 0.3) is 0 Å². The Balaban J connectivity index is 1.77. The van der Waals surface area contributed by atoms with Crippen LogP contribution < -0.4 is 5.48 Å². The lowest BCUT2D eigenvalue weighted by atomic mass is 10.0. The Hall–Kier alpha value is -2.62. The average molecular weight is 338 g/mol. The van der Waals surface area contributed by atoms with E-state index >= 15 is 0 Å². The molecule has 0 fully saturated rings. The quantitative estimate of drug-likeness (QED) is 0.680. The highest BCUT2D eigenvalue weighted by Crippen LogP contribution is 2.24. The first-order valence-corrected chi connectivity index (χ1v) is 7.93. The number of benzene rings is 3. The molecule has 0 radical (unpaired) electrons. The molecule has 120 valence electrons. The Morgan fingerprint density at radius 1 is 0.792 bits per heavy atom. The highest BCUT2D eigenvalue weighted by molar-refractivity contribution is 6.30. The molecule has 3 aromatic carbocycles. The largest absolute Gasteiger partial charge is 0.274 e. The van der Waals surface area contributed by atoms with Crippen molar-refractivity contribution in [3.8, 4) is 0 Å². The molecule has 0 saturated carbocycles. The van der Waals surface area contributed by atoms with Crippen LogP contribution in [0.4, 0.5) is 0 Å². The molecule has 1 amide bonds. The first-order valence-electron chi connectivity index (χ1n) is 7.55. The number of halogens is 1. The monoisotopic (exact) mass is 337 g/mol. The third kappa shape index (κ3) is 4.02. The van der Waals surface area contributed by atoms with Crippen LogP contribution in [0, 0.1) is 0 Å². The lowest BCUT2D eigenvalue weighted by Crippen LogP contribution is -2.26. The molecule has 0 unspecified atom stereocenters. The second kappa shape index (κ2) is 7.77. The van der Waals surface area contributed by atoms with Crippen LogP contribution in [-0.2, 0) is 4.84 Å². The van der Waals surface area contributed by atoms with Crippen molar-refractivity contribution in [3.63, 3.8) is 0 Å². The van der Waals surface area contributed by atoms with E-state index in [0.29, 0.717) is 10.6 Å². The second-order valence-electron chi connectivity index (χ2n) is 5.26. The topological polar surface area (TPSA) is 38.3 Å². The standard InChI is InChI=1S/C20H16ClNO2/c21-18-13-11-17(12-14-18)20(23)22-24-19(15-7-3-1-4-8-15)16-9-5-2-6-10-16/h1-14,19H,(H,22,23). The molecule has 24 heavy (non-hydrogen) atoms. The number of nitrogens with one attached hydrogen (secondary N) is 1. The zero-order valence-corrected chi connectivity index (χ0v) is 13.6. The normalized spacial score (nSPS) is 10.6. The summed E-state index contributed by atoms with van der Waals surface area (Å²) in [6.07, 6.45) is -0.386. The Labute approximate surface area is 145 Å². The van der Waals surface area contributed by atoms with E-state index in [4.69, 9.17) is 16.4 Å². The van der Waals surface area contributed by atoms with Crippen molar-refractivity contribution in [1.82, 2.24) is 5.48 Å². The van der Waals surface area contributed by atoms with E-state index < -0.39 is 0 Å². The fourth-order valence-electron chi connectivity index (χ4n) is 2.36. The first-order chi connectivity index (χ1) is 11.7. The van der Waals surface area contributed by atoms with E-state index in [2.05, 4.69) is 5.48 Å². The van der Waals surface area contributed by atoms with Crippen molar-refractivity contribution >= 4 is 17.5 Å². The summed E-state index contributed by atoms with van der Waals surface area (Å²) in [5.41, 5.74) is 4.94. The fourth-order valence-corrected chi connectivity index (χ4v) is 2.48. The van der Waals surface area contributed by atoms with E-state index in [1.807, 2.05) is 60.7 Å². The summed E-state index contributed by atoms with van der Waals surface area (Å²) in [6, 6.07) is 26.1. The summed E-state index contributed by atoms with van der Waals surface area (Å²) in [5, 5.41) is 0.582. The molecule has 1 N–H and O–H groups in total. The van der Waals surface area contributed by atoms with Crippen LogP contribution in [0.2, 0.25) is 5.02 Å². The molecular weight excluding hydrogens is 322 g/mol. The van der Waals surface area contributed by atoms with E-state index in [-0.39, 0.29) is 12.0 Å². The van der Waals surface area contributed by atoms with Crippen molar-refractivity contribution in [2.75, 3.05) is 0 Å². The van der Waals surface area contributed by atoms with E-state index in [0.717, 1.165) is 11.1 Å². The summed E-state index contributed by atoms with van der Waals surface area (Å²) in [6.45, 7) is 0. The Kier molecular flexibility index (Phi) is 5.26. The summed E-state index contributed by atoms with van der Waals surface area (Å²) >= 11 is 5.84. The van der Waals surface area contributed by atoms with Crippen LogP contribution in [0.5, 0.6) is 0 Å². The summed E-state index contributed by atoms with van der Waals surface area (Å²) in [5.74, 6) is -0.316. The molecule has 0 heterocycles. The molecule has 3 rings (SSSR count). The zero-order valence-electron chi connectivity index (χ0n) is 12.9. The number of hydrogen-bond donors (Lipinski definition) is 1. The summed E-state index contributed by atoms with van der Waals surface area (Å²) in [7, 11) is 0. The maximum absolute atomic E-state index is 12.2. The van der Waals surface area contributed by atoms with Crippen molar-refractivity contribution in [2.45, 2.75) is 6.10 Å². The maximum atomic E-state index is 12.2. The molecule has 3 aromatic rings. The van der Waals surface area contributed by atoms with E-state index in [1.165, 1.54) is 0 Å². The van der Waals surface area contributed by atoms with Gasteiger partial charge in [0, 0.05) is 10.6 Å². The smallest absolute Gasteiger partial charge is 0.267 e. The van der Waals surface area contributed by atoms with Gasteiger partial charge in [-0.2, -0.15) is 0 Å². The SMILES string of the molecule is O=C(NOC(c1ccccc1)c1ccccc1)c1ccc(Cl)cc1. The molecule has 0 spiro atoms. The lowest BCUT2D eigenvalue weighted by molar-refractivity contribution is 0.000394. The molecular formula is C20H16ClNO2. The lowest BCUT2D eigenvalue weighted by Gasteiger charge is -2.18. The third-order valence-corrected chi connectivity index (χ3v) is 3.83. The third-order valence-electron chi connectivity index (χ3n) is 3.58. The molecule has 0 aliphatic carbocycles. The molecule has 0 aliphatic rings. The maximum Gasteiger partial charge on any atom is 0.274 e. The second-order valence-corrected chi connectivity index (χ2v) is 5.69. The molecule has 0 aromatic heterocycles. The predicted octanol–water partition coefficient (Wildman–Crippen LogP) is 4.79. The van der Waals surface area contributed by atoms with Gasteiger partial charge in [-0.05, 0) is 35.4 Å². The Morgan fingerprint density at radius 3 is 1.79 bits per heavy atom. The molecule has 0 bridgehead atoms. The first kappa shape index (κ1) is 16.2. The minimum atomic E-state index is -0.386. The highest BCUT2D eigenvalue weighted by atomic mass is 35.5. The Bertz CT molecular complexity index is 749. The van der Waals surface area contributed by atoms with Crippen molar-refractivity contribution in [2.24, 2.45) is 0 Å². The van der Waals surface area contributed by atoms with Gasteiger partial charge in [0.2, 0.25) is 0 Å².